The lowest BCUT2D eigenvalue weighted by atomic mass is 10.00. The van der Waals surface area contributed by atoms with Crippen molar-refractivity contribution in [2.24, 2.45) is 7.05 Å². The molecule has 1 fully saturated rings. The van der Waals surface area contributed by atoms with Gasteiger partial charge in [0, 0.05) is 36.7 Å². The minimum atomic E-state index is -0.691. The Labute approximate surface area is 188 Å². The second-order valence-corrected chi connectivity index (χ2v) is 8.13. The van der Waals surface area contributed by atoms with Crippen LogP contribution in [0, 0.1) is 17.1 Å². The first-order chi connectivity index (χ1) is 15.9. The number of rotatable bonds is 3. The van der Waals surface area contributed by atoms with Gasteiger partial charge in [0.15, 0.2) is 0 Å². The van der Waals surface area contributed by atoms with E-state index in [0.29, 0.717) is 34.5 Å². The molecule has 1 atom stereocenters. The van der Waals surface area contributed by atoms with Crippen LogP contribution in [-0.2, 0) is 23.2 Å². The summed E-state index contributed by atoms with van der Waals surface area (Å²) in [6, 6.07) is 10.8. The van der Waals surface area contributed by atoms with E-state index in [0.717, 1.165) is 5.56 Å². The predicted molar refractivity (Wildman–Crippen MR) is 115 cm³/mol. The molecular formula is C24H18FN5O3. The highest BCUT2D eigenvalue weighted by Crippen LogP contribution is 2.36. The van der Waals surface area contributed by atoms with Crippen LogP contribution < -0.4 is 5.32 Å². The van der Waals surface area contributed by atoms with Gasteiger partial charge in [-0.25, -0.2) is 9.37 Å². The Morgan fingerprint density at radius 3 is 2.67 bits per heavy atom. The number of hydrogen-bond acceptors (Lipinski definition) is 5. The highest BCUT2D eigenvalue weighted by Gasteiger charge is 2.39. The maximum absolute atomic E-state index is 14.8. The molecule has 33 heavy (non-hydrogen) atoms. The van der Waals surface area contributed by atoms with Gasteiger partial charge in [0.25, 0.3) is 5.91 Å². The number of nitrogens with zero attached hydrogens (tertiary/aromatic N) is 4. The number of fused-ring (bicyclic) bond motifs is 1. The highest BCUT2D eigenvalue weighted by atomic mass is 19.1. The van der Waals surface area contributed by atoms with Crippen molar-refractivity contribution >= 4 is 17.7 Å². The van der Waals surface area contributed by atoms with Gasteiger partial charge in [-0.15, -0.1) is 0 Å². The van der Waals surface area contributed by atoms with Gasteiger partial charge in [0.1, 0.15) is 11.9 Å². The largest absolute Gasteiger partial charge is 0.333 e. The summed E-state index contributed by atoms with van der Waals surface area (Å²) in [7, 11) is 1.76. The van der Waals surface area contributed by atoms with E-state index in [1.807, 2.05) is 12.1 Å². The van der Waals surface area contributed by atoms with E-state index in [-0.39, 0.29) is 30.3 Å². The number of piperidine rings is 1. The molecule has 0 aliphatic carbocycles. The van der Waals surface area contributed by atoms with Crippen molar-refractivity contribution in [2.45, 2.75) is 25.4 Å². The first-order valence-corrected chi connectivity index (χ1v) is 10.4. The lowest BCUT2D eigenvalue weighted by molar-refractivity contribution is -0.136. The molecule has 1 unspecified atom stereocenters. The minimum Gasteiger partial charge on any atom is -0.333 e. The molecule has 0 bridgehead atoms. The molecule has 164 valence electrons. The number of aromatic nitrogens is 2. The maximum atomic E-state index is 14.8. The Morgan fingerprint density at radius 1 is 1.15 bits per heavy atom. The molecule has 2 aliphatic heterocycles. The van der Waals surface area contributed by atoms with Crippen molar-refractivity contribution in [1.82, 2.24) is 19.8 Å². The van der Waals surface area contributed by atoms with Crippen LogP contribution in [0.1, 0.15) is 34.3 Å². The van der Waals surface area contributed by atoms with Crippen molar-refractivity contribution < 1.29 is 18.8 Å². The molecule has 2 aliphatic rings. The van der Waals surface area contributed by atoms with Crippen molar-refractivity contribution in [3.05, 3.63) is 65.2 Å². The summed E-state index contributed by atoms with van der Waals surface area (Å²) >= 11 is 0. The zero-order chi connectivity index (χ0) is 23.3. The van der Waals surface area contributed by atoms with E-state index in [1.54, 1.807) is 42.2 Å². The van der Waals surface area contributed by atoms with Crippen LogP contribution in [0.4, 0.5) is 4.39 Å². The second kappa shape index (κ2) is 7.67. The van der Waals surface area contributed by atoms with Crippen LogP contribution in [0.15, 0.2) is 42.7 Å². The summed E-state index contributed by atoms with van der Waals surface area (Å²) in [4.78, 5) is 42.6. The molecule has 5 rings (SSSR count). The molecule has 3 heterocycles. The molecule has 1 saturated heterocycles. The van der Waals surface area contributed by atoms with E-state index in [1.165, 1.54) is 11.0 Å². The molecule has 9 heteroatoms. The molecule has 1 aromatic heterocycles. The van der Waals surface area contributed by atoms with Crippen molar-refractivity contribution in [2.75, 3.05) is 0 Å². The van der Waals surface area contributed by atoms with Gasteiger partial charge in [0.2, 0.25) is 11.8 Å². The fraction of sp³-hybridized carbons (Fsp3) is 0.208. The Bertz CT molecular complexity index is 1390. The lowest BCUT2D eigenvalue weighted by Gasteiger charge is -2.29. The van der Waals surface area contributed by atoms with E-state index < -0.39 is 17.8 Å². The van der Waals surface area contributed by atoms with E-state index in [2.05, 4.69) is 10.3 Å². The summed E-state index contributed by atoms with van der Waals surface area (Å²) in [5.74, 6) is -1.58. The molecule has 3 amide bonds. The molecular weight excluding hydrogens is 425 g/mol. The average molecular weight is 443 g/mol. The van der Waals surface area contributed by atoms with Crippen molar-refractivity contribution in [3.63, 3.8) is 0 Å². The monoisotopic (exact) mass is 443 g/mol. The van der Waals surface area contributed by atoms with Gasteiger partial charge >= 0.3 is 0 Å². The van der Waals surface area contributed by atoms with Gasteiger partial charge in [-0.3, -0.25) is 19.7 Å². The van der Waals surface area contributed by atoms with Crippen LogP contribution >= 0.6 is 0 Å². The average Bonchev–Trinajstić information content (AvgIpc) is 3.33. The Hall–Kier alpha value is -4.32. The summed E-state index contributed by atoms with van der Waals surface area (Å²) in [5.41, 5.74) is 3.55. The Morgan fingerprint density at radius 2 is 1.94 bits per heavy atom. The van der Waals surface area contributed by atoms with Crippen LogP contribution in [0.3, 0.4) is 0 Å². The number of carbonyl (C=O) groups excluding carboxylic acids is 3. The number of amides is 3. The summed E-state index contributed by atoms with van der Waals surface area (Å²) in [5, 5.41) is 11.3. The normalized spacial score (nSPS) is 17.7. The second-order valence-electron chi connectivity index (χ2n) is 8.13. The van der Waals surface area contributed by atoms with Crippen LogP contribution in [0.25, 0.3) is 22.5 Å². The number of nitriles is 1. The van der Waals surface area contributed by atoms with Crippen LogP contribution in [0.5, 0.6) is 0 Å². The predicted octanol–water partition coefficient (Wildman–Crippen LogP) is 2.53. The maximum Gasteiger partial charge on any atom is 0.255 e. The number of halogens is 1. The van der Waals surface area contributed by atoms with Gasteiger partial charge in [-0.2, -0.15) is 5.26 Å². The first kappa shape index (κ1) is 20.6. The third-order valence-corrected chi connectivity index (χ3v) is 6.09. The number of carbonyl (C=O) groups is 3. The molecule has 2 aromatic carbocycles. The number of benzene rings is 2. The van der Waals surface area contributed by atoms with Crippen molar-refractivity contribution in [3.8, 4) is 28.6 Å². The van der Waals surface area contributed by atoms with Crippen molar-refractivity contribution in [1.29, 1.82) is 5.26 Å². The van der Waals surface area contributed by atoms with Gasteiger partial charge in [0.05, 0.1) is 29.3 Å². The topological polar surface area (TPSA) is 108 Å². The third kappa shape index (κ3) is 3.36. The zero-order valence-corrected chi connectivity index (χ0v) is 17.6. The lowest BCUT2D eigenvalue weighted by Crippen LogP contribution is -2.52. The number of nitrogens with one attached hydrogen (secondary N) is 1. The Kier molecular flexibility index (Phi) is 4.78. The molecule has 0 radical (unpaired) electrons. The molecule has 3 aromatic rings. The SMILES string of the molecule is Cn1cnc(-c2ccc3c(c2)CN(C2CCC(=O)NC2=O)C3=O)c1-c1ccc(C#N)cc1F. The number of imidazole rings is 1. The molecule has 0 saturated carbocycles. The smallest absolute Gasteiger partial charge is 0.255 e. The molecule has 8 nitrogen and oxygen atoms in total. The minimum absolute atomic E-state index is 0.190. The summed E-state index contributed by atoms with van der Waals surface area (Å²) < 4.78 is 16.5. The zero-order valence-electron chi connectivity index (χ0n) is 17.6. The number of aryl methyl sites for hydroxylation is 1. The quantitative estimate of drug-likeness (QED) is 0.626. The number of imide groups is 1. The Balaban J connectivity index is 1.51. The number of hydrogen-bond donors (Lipinski definition) is 1. The highest BCUT2D eigenvalue weighted by molar-refractivity contribution is 6.05. The fourth-order valence-electron chi connectivity index (χ4n) is 4.46. The van der Waals surface area contributed by atoms with Gasteiger partial charge in [-0.05, 0) is 42.3 Å². The van der Waals surface area contributed by atoms with Gasteiger partial charge in [-0.1, -0.05) is 6.07 Å². The van der Waals surface area contributed by atoms with Gasteiger partial charge < -0.3 is 9.47 Å². The molecule has 0 spiro atoms. The van der Waals surface area contributed by atoms with E-state index in [4.69, 9.17) is 5.26 Å². The van der Waals surface area contributed by atoms with E-state index >= 15 is 0 Å². The standard InChI is InChI=1S/C24H18FN5O3/c1-29-12-27-21(22(29)17-4-2-13(10-26)8-18(17)25)14-3-5-16-15(9-14)11-30(24(16)33)19-6-7-20(31)28-23(19)32/h2-5,8-9,12,19H,6-7,11H2,1H3,(H,28,31,32). The van der Waals surface area contributed by atoms with Crippen LogP contribution in [-0.4, -0.2) is 38.2 Å². The third-order valence-electron chi connectivity index (χ3n) is 6.09. The fourth-order valence-corrected chi connectivity index (χ4v) is 4.46. The summed E-state index contributed by atoms with van der Waals surface area (Å²) in [6.45, 7) is 0.238. The molecule has 1 N–H and O–H groups in total. The van der Waals surface area contributed by atoms with Crippen LogP contribution in [0.2, 0.25) is 0 Å². The summed E-state index contributed by atoms with van der Waals surface area (Å²) in [6.07, 6.45) is 2.06. The first-order valence-electron chi connectivity index (χ1n) is 10.4. The van der Waals surface area contributed by atoms with E-state index in [9.17, 15) is 18.8 Å².